The molecule has 0 spiro atoms. The smallest absolute Gasteiger partial charge is 0.305 e. The van der Waals surface area contributed by atoms with Crippen LogP contribution in [0, 0.1) is 11.8 Å². The Kier molecular flexibility index (Phi) is 10.6. The normalized spacial score (nSPS) is 21.6. The van der Waals surface area contributed by atoms with Gasteiger partial charge in [0.15, 0.2) is 0 Å². The number of hydrogen-bond donors (Lipinski definition) is 0. The van der Waals surface area contributed by atoms with Gasteiger partial charge in [0.25, 0.3) is 0 Å². The number of hydrogen-bond acceptors (Lipinski definition) is 2. The standard InChI is InChI=1S/C19H36O2/c1-3-12-17-14-11-15-18(17)13-9-7-5-4-6-8-10-16-19(20)21-2/h17-18H,3-16H2,1-2H3/t17-,18+/m1/s1. The lowest BCUT2D eigenvalue weighted by atomic mass is 9.87. The van der Waals surface area contributed by atoms with Crippen LogP contribution in [-0.2, 0) is 9.53 Å². The van der Waals surface area contributed by atoms with Crippen molar-refractivity contribution in [3.63, 3.8) is 0 Å². The molecule has 0 aromatic carbocycles. The molecule has 124 valence electrons. The zero-order chi connectivity index (χ0) is 15.3. The highest BCUT2D eigenvalue weighted by molar-refractivity contribution is 5.68. The first-order valence-electron chi connectivity index (χ1n) is 9.34. The van der Waals surface area contributed by atoms with Gasteiger partial charge >= 0.3 is 5.97 Å². The third kappa shape index (κ3) is 8.48. The lowest BCUT2D eigenvalue weighted by molar-refractivity contribution is -0.140. The van der Waals surface area contributed by atoms with Gasteiger partial charge in [0.2, 0.25) is 0 Å². The monoisotopic (exact) mass is 296 g/mol. The van der Waals surface area contributed by atoms with E-state index in [1.54, 1.807) is 0 Å². The van der Waals surface area contributed by atoms with Crippen LogP contribution in [0.2, 0.25) is 0 Å². The summed E-state index contributed by atoms with van der Waals surface area (Å²) in [7, 11) is 1.47. The van der Waals surface area contributed by atoms with E-state index in [0.717, 1.165) is 18.3 Å². The number of methoxy groups -OCH3 is 1. The van der Waals surface area contributed by atoms with Crippen LogP contribution in [0.1, 0.15) is 96.8 Å². The van der Waals surface area contributed by atoms with E-state index in [9.17, 15) is 4.79 Å². The van der Waals surface area contributed by atoms with E-state index >= 15 is 0 Å². The minimum Gasteiger partial charge on any atom is -0.469 e. The molecule has 0 amide bonds. The van der Waals surface area contributed by atoms with Crippen molar-refractivity contribution in [3.05, 3.63) is 0 Å². The summed E-state index contributed by atoms with van der Waals surface area (Å²) in [5, 5.41) is 0. The molecule has 0 saturated heterocycles. The molecule has 0 aromatic rings. The van der Waals surface area contributed by atoms with Crippen molar-refractivity contribution in [3.8, 4) is 0 Å². The highest BCUT2D eigenvalue weighted by Crippen LogP contribution is 2.38. The van der Waals surface area contributed by atoms with Crippen LogP contribution in [0.5, 0.6) is 0 Å². The third-order valence-corrected chi connectivity index (χ3v) is 5.16. The Balaban J connectivity index is 1.87. The summed E-state index contributed by atoms with van der Waals surface area (Å²) in [6.45, 7) is 2.33. The van der Waals surface area contributed by atoms with Gasteiger partial charge in [-0.2, -0.15) is 0 Å². The Bertz CT molecular complexity index is 262. The number of carbonyl (C=O) groups is 1. The largest absolute Gasteiger partial charge is 0.469 e. The summed E-state index contributed by atoms with van der Waals surface area (Å²) >= 11 is 0. The maximum absolute atomic E-state index is 11.0. The number of rotatable bonds is 12. The molecular formula is C19H36O2. The molecule has 1 saturated carbocycles. The first-order chi connectivity index (χ1) is 10.3. The van der Waals surface area contributed by atoms with Gasteiger partial charge in [-0.15, -0.1) is 0 Å². The topological polar surface area (TPSA) is 26.3 Å². The molecule has 0 aromatic heterocycles. The molecule has 1 aliphatic rings. The zero-order valence-corrected chi connectivity index (χ0v) is 14.4. The number of carbonyl (C=O) groups excluding carboxylic acids is 1. The molecule has 0 aliphatic heterocycles. The molecule has 1 fully saturated rings. The molecule has 2 nitrogen and oxygen atoms in total. The van der Waals surface area contributed by atoms with Crippen molar-refractivity contribution in [1.82, 2.24) is 0 Å². The van der Waals surface area contributed by atoms with Gasteiger partial charge < -0.3 is 4.74 Å². The van der Waals surface area contributed by atoms with Crippen LogP contribution in [0.4, 0.5) is 0 Å². The fourth-order valence-corrected chi connectivity index (χ4v) is 3.91. The van der Waals surface area contributed by atoms with Gasteiger partial charge in [-0.25, -0.2) is 0 Å². The lowest BCUT2D eigenvalue weighted by Crippen LogP contribution is -2.07. The summed E-state index contributed by atoms with van der Waals surface area (Å²) < 4.78 is 4.65. The SMILES string of the molecule is CCC[C@@H]1CCC[C@@H]1CCCCCCCCCC(=O)OC. The van der Waals surface area contributed by atoms with Crippen LogP contribution in [0.15, 0.2) is 0 Å². The first kappa shape index (κ1) is 18.5. The van der Waals surface area contributed by atoms with Crippen molar-refractivity contribution in [2.45, 2.75) is 96.8 Å². The van der Waals surface area contributed by atoms with Crippen LogP contribution in [0.3, 0.4) is 0 Å². The molecule has 1 rings (SSSR count). The van der Waals surface area contributed by atoms with Gasteiger partial charge in [0.05, 0.1) is 7.11 Å². The molecule has 0 bridgehead atoms. The van der Waals surface area contributed by atoms with Gasteiger partial charge in [0, 0.05) is 6.42 Å². The summed E-state index contributed by atoms with van der Waals surface area (Å²) in [5.41, 5.74) is 0. The quantitative estimate of drug-likeness (QED) is 0.332. The van der Waals surface area contributed by atoms with E-state index in [1.165, 1.54) is 84.2 Å². The van der Waals surface area contributed by atoms with Gasteiger partial charge in [-0.1, -0.05) is 84.0 Å². The molecule has 1 aliphatic carbocycles. The first-order valence-corrected chi connectivity index (χ1v) is 9.34. The lowest BCUT2D eigenvalue weighted by Gasteiger charge is -2.18. The summed E-state index contributed by atoms with van der Waals surface area (Å²) in [6.07, 6.45) is 18.4. The van der Waals surface area contributed by atoms with Crippen LogP contribution < -0.4 is 0 Å². The van der Waals surface area contributed by atoms with Crippen molar-refractivity contribution in [2.75, 3.05) is 7.11 Å². The third-order valence-electron chi connectivity index (χ3n) is 5.16. The number of unbranched alkanes of at least 4 members (excludes halogenated alkanes) is 6. The molecule has 0 radical (unpaired) electrons. The second-order valence-electron chi connectivity index (χ2n) is 6.83. The van der Waals surface area contributed by atoms with E-state index in [4.69, 9.17) is 0 Å². The number of ether oxygens (including phenoxy) is 1. The summed E-state index contributed by atoms with van der Waals surface area (Å²) in [5.74, 6) is 2.03. The predicted molar refractivity (Wildman–Crippen MR) is 89.3 cm³/mol. The number of esters is 1. The summed E-state index contributed by atoms with van der Waals surface area (Å²) in [4.78, 5) is 11.0. The fourth-order valence-electron chi connectivity index (χ4n) is 3.91. The second-order valence-corrected chi connectivity index (χ2v) is 6.83. The average Bonchev–Trinajstić information content (AvgIpc) is 2.93. The van der Waals surface area contributed by atoms with Crippen molar-refractivity contribution in [2.24, 2.45) is 11.8 Å². The predicted octanol–water partition coefficient (Wildman–Crippen LogP) is 5.89. The minimum absolute atomic E-state index is 0.0619. The highest BCUT2D eigenvalue weighted by Gasteiger charge is 2.25. The van der Waals surface area contributed by atoms with Gasteiger partial charge in [0.1, 0.15) is 0 Å². The fraction of sp³-hybridized carbons (Fsp3) is 0.947. The Morgan fingerprint density at radius 1 is 0.905 bits per heavy atom. The Morgan fingerprint density at radius 3 is 2.10 bits per heavy atom. The molecule has 2 atom stereocenters. The zero-order valence-electron chi connectivity index (χ0n) is 14.4. The van der Waals surface area contributed by atoms with E-state index in [2.05, 4.69) is 11.7 Å². The molecular weight excluding hydrogens is 260 g/mol. The van der Waals surface area contributed by atoms with E-state index in [-0.39, 0.29) is 5.97 Å². The molecule has 21 heavy (non-hydrogen) atoms. The van der Waals surface area contributed by atoms with Crippen molar-refractivity contribution in [1.29, 1.82) is 0 Å². The Labute approximate surface area is 132 Å². The molecule has 0 N–H and O–H groups in total. The average molecular weight is 296 g/mol. The highest BCUT2D eigenvalue weighted by atomic mass is 16.5. The molecule has 2 heteroatoms. The minimum atomic E-state index is -0.0619. The van der Waals surface area contributed by atoms with Crippen molar-refractivity contribution >= 4 is 5.97 Å². The van der Waals surface area contributed by atoms with Gasteiger partial charge in [-0.05, 0) is 18.3 Å². The van der Waals surface area contributed by atoms with E-state index in [0.29, 0.717) is 6.42 Å². The summed E-state index contributed by atoms with van der Waals surface area (Å²) in [6, 6.07) is 0. The molecule has 0 unspecified atom stereocenters. The van der Waals surface area contributed by atoms with Crippen LogP contribution in [-0.4, -0.2) is 13.1 Å². The van der Waals surface area contributed by atoms with E-state index < -0.39 is 0 Å². The second kappa shape index (κ2) is 12.1. The van der Waals surface area contributed by atoms with E-state index in [1.807, 2.05) is 0 Å². The Hall–Kier alpha value is -0.530. The van der Waals surface area contributed by atoms with Crippen molar-refractivity contribution < 1.29 is 9.53 Å². The molecule has 0 heterocycles. The maximum atomic E-state index is 11.0. The van der Waals surface area contributed by atoms with Gasteiger partial charge in [-0.3, -0.25) is 4.79 Å². The Morgan fingerprint density at radius 2 is 1.48 bits per heavy atom. The van der Waals surface area contributed by atoms with Crippen LogP contribution in [0.25, 0.3) is 0 Å². The maximum Gasteiger partial charge on any atom is 0.305 e. The van der Waals surface area contributed by atoms with Crippen LogP contribution >= 0.6 is 0 Å².